The van der Waals surface area contributed by atoms with Crippen molar-refractivity contribution in [3.63, 3.8) is 0 Å². The summed E-state index contributed by atoms with van der Waals surface area (Å²) in [5.41, 5.74) is 2.86. The second-order valence-corrected chi connectivity index (χ2v) is 3.44. The minimum Gasteiger partial charge on any atom is -0.384 e. The first-order chi connectivity index (χ1) is 3.25. The minimum absolute atomic E-state index is 0.257. The first kappa shape index (κ1) is 7.92. The Morgan fingerprint density at radius 2 is 1.25 bits per heavy atom. The summed E-state index contributed by atoms with van der Waals surface area (Å²) in [5.74, 6) is 0. The van der Waals surface area contributed by atoms with Gasteiger partial charge in [-0.05, 0) is 27.7 Å². The van der Waals surface area contributed by atoms with Crippen molar-refractivity contribution in [2.45, 2.75) is 38.8 Å². The van der Waals surface area contributed by atoms with Crippen LogP contribution in [0, 0.1) is 0 Å². The Morgan fingerprint density at radius 1 is 1.12 bits per heavy atom. The Kier molecular flexibility index (Phi) is 1.69. The van der Waals surface area contributed by atoms with E-state index in [4.69, 9.17) is 0 Å². The van der Waals surface area contributed by atoms with E-state index in [0.29, 0.717) is 0 Å². The molecule has 0 amide bonds. The molecule has 0 fully saturated rings. The quantitative estimate of drug-likeness (QED) is 0.491. The number of aliphatic hydroxyl groups is 1. The molecule has 0 aliphatic heterocycles. The van der Waals surface area contributed by atoms with Crippen LogP contribution in [0.1, 0.15) is 27.7 Å². The second kappa shape index (κ2) is 1.71. The first-order valence-corrected chi connectivity index (χ1v) is 2.83. The van der Waals surface area contributed by atoms with Crippen molar-refractivity contribution in [1.82, 2.24) is 0 Å². The lowest BCUT2D eigenvalue weighted by molar-refractivity contribution is -0.497. The van der Waals surface area contributed by atoms with E-state index in [1.807, 2.05) is 13.8 Å². The fourth-order valence-electron chi connectivity index (χ4n) is 0. The van der Waals surface area contributed by atoms with Crippen LogP contribution in [-0.4, -0.2) is 16.2 Å². The minimum atomic E-state index is -0.674. The summed E-state index contributed by atoms with van der Waals surface area (Å²) < 4.78 is 0. The lowest BCUT2D eigenvalue weighted by Crippen LogP contribution is -2.77. The maximum absolute atomic E-state index is 9.29. The van der Waals surface area contributed by atoms with Crippen molar-refractivity contribution in [1.29, 1.82) is 0 Å². The molecule has 0 aromatic heterocycles. The molecule has 2 nitrogen and oxygen atoms in total. The van der Waals surface area contributed by atoms with Crippen LogP contribution < -0.4 is 5.73 Å². The SMILES string of the molecule is CC(C)([NH3+])C(C)(C)O. The Labute approximate surface area is 50.7 Å². The van der Waals surface area contributed by atoms with Crippen molar-refractivity contribution in [3.8, 4) is 0 Å². The summed E-state index contributed by atoms with van der Waals surface area (Å²) in [6.45, 7) is 7.35. The van der Waals surface area contributed by atoms with E-state index in [-0.39, 0.29) is 5.54 Å². The highest BCUT2D eigenvalue weighted by atomic mass is 16.3. The van der Waals surface area contributed by atoms with Gasteiger partial charge in [0.2, 0.25) is 0 Å². The van der Waals surface area contributed by atoms with Gasteiger partial charge < -0.3 is 10.8 Å². The van der Waals surface area contributed by atoms with Crippen LogP contribution in [0.4, 0.5) is 0 Å². The molecule has 0 heterocycles. The van der Waals surface area contributed by atoms with Gasteiger partial charge in [-0.15, -0.1) is 0 Å². The molecule has 0 saturated heterocycles. The zero-order valence-electron chi connectivity index (χ0n) is 6.15. The molecule has 0 saturated carbocycles. The third-order valence-corrected chi connectivity index (χ3v) is 1.66. The molecule has 0 bridgehead atoms. The summed E-state index contributed by atoms with van der Waals surface area (Å²) in [7, 11) is 0. The van der Waals surface area contributed by atoms with E-state index >= 15 is 0 Å². The van der Waals surface area contributed by atoms with Crippen LogP contribution in [0.3, 0.4) is 0 Å². The maximum Gasteiger partial charge on any atom is 0.117 e. The van der Waals surface area contributed by atoms with Crippen molar-refractivity contribution >= 4 is 0 Å². The lowest BCUT2D eigenvalue weighted by Gasteiger charge is -2.29. The van der Waals surface area contributed by atoms with E-state index in [2.05, 4.69) is 5.73 Å². The van der Waals surface area contributed by atoms with E-state index in [9.17, 15) is 5.11 Å². The van der Waals surface area contributed by atoms with Gasteiger partial charge in [0.15, 0.2) is 0 Å². The molecular weight excluding hydrogens is 102 g/mol. The molecule has 0 aliphatic rings. The lowest BCUT2D eigenvalue weighted by atomic mass is 9.87. The maximum atomic E-state index is 9.29. The van der Waals surface area contributed by atoms with Crippen LogP contribution in [0.15, 0.2) is 0 Å². The number of hydrogen-bond donors (Lipinski definition) is 2. The topological polar surface area (TPSA) is 47.9 Å². The Bertz CT molecular complexity index is 63.5. The molecule has 2 heteroatoms. The van der Waals surface area contributed by atoms with Gasteiger partial charge in [0.25, 0.3) is 0 Å². The van der Waals surface area contributed by atoms with Gasteiger partial charge in [-0.2, -0.15) is 0 Å². The predicted molar refractivity (Wildman–Crippen MR) is 33.3 cm³/mol. The fraction of sp³-hybridized carbons (Fsp3) is 1.00. The highest BCUT2D eigenvalue weighted by Crippen LogP contribution is 2.14. The number of quaternary nitrogens is 1. The van der Waals surface area contributed by atoms with Crippen molar-refractivity contribution < 1.29 is 10.8 Å². The highest BCUT2D eigenvalue weighted by molar-refractivity contribution is 4.83. The summed E-state index contributed by atoms with van der Waals surface area (Å²) in [5, 5.41) is 9.29. The zero-order chi connectivity index (χ0) is 7.00. The van der Waals surface area contributed by atoms with Crippen LogP contribution in [0.5, 0.6) is 0 Å². The average Bonchev–Trinajstić information content (AvgIpc) is 1.25. The van der Waals surface area contributed by atoms with Gasteiger partial charge in [-0.1, -0.05) is 0 Å². The van der Waals surface area contributed by atoms with Gasteiger partial charge in [-0.3, -0.25) is 0 Å². The molecule has 0 aliphatic carbocycles. The van der Waals surface area contributed by atoms with Crippen LogP contribution in [-0.2, 0) is 0 Å². The van der Waals surface area contributed by atoms with E-state index in [0.717, 1.165) is 0 Å². The summed E-state index contributed by atoms with van der Waals surface area (Å²) >= 11 is 0. The molecule has 8 heavy (non-hydrogen) atoms. The van der Waals surface area contributed by atoms with E-state index in [1.54, 1.807) is 13.8 Å². The Morgan fingerprint density at radius 3 is 1.25 bits per heavy atom. The fourth-order valence-corrected chi connectivity index (χ4v) is 0. The van der Waals surface area contributed by atoms with Crippen molar-refractivity contribution in [2.24, 2.45) is 0 Å². The number of hydrogen-bond acceptors (Lipinski definition) is 1. The molecule has 50 valence electrons. The number of rotatable bonds is 1. The largest absolute Gasteiger partial charge is 0.384 e. The van der Waals surface area contributed by atoms with E-state index < -0.39 is 5.60 Å². The molecule has 0 aromatic carbocycles. The normalized spacial score (nSPS) is 14.2. The molecule has 0 spiro atoms. The highest BCUT2D eigenvalue weighted by Gasteiger charge is 2.34. The van der Waals surface area contributed by atoms with Gasteiger partial charge in [0.05, 0.1) is 0 Å². The molecule has 0 radical (unpaired) electrons. The monoisotopic (exact) mass is 118 g/mol. The van der Waals surface area contributed by atoms with Crippen LogP contribution >= 0.6 is 0 Å². The first-order valence-electron chi connectivity index (χ1n) is 2.83. The molecule has 0 atom stereocenters. The predicted octanol–water partition coefficient (Wildman–Crippen LogP) is -0.222. The van der Waals surface area contributed by atoms with Crippen molar-refractivity contribution in [2.75, 3.05) is 0 Å². The zero-order valence-corrected chi connectivity index (χ0v) is 6.15. The van der Waals surface area contributed by atoms with Gasteiger partial charge in [0, 0.05) is 0 Å². The summed E-state index contributed by atoms with van der Waals surface area (Å²) in [6, 6.07) is 0. The molecule has 0 aromatic rings. The molecule has 0 rings (SSSR count). The van der Waals surface area contributed by atoms with Crippen LogP contribution in [0.25, 0.3) is 0 Å². The summed E-state index contributed by atoms with van der Waals surface area (Å²) in [6.07, 6.45) is 0. The van der Waals surface area contributed by atoms with Crippen LogP contribution in [0.2, 0.25) is 0 Å². The van der Waals surface area contributed by atoms with E-state index in [1.165, 1.54) is 0 Å². The Hall–Kier alpha value is -0.0800. The average molecular weight is 118 g/mol. The third kappa shape index (κ3) is 1.80. The molecule has 0 unspecified atom stereocenters. The second-order valence-electron chi connectivity index (χ2n) is 3.44. The molecular formula is C6H16NO+. The summed E-state index contributed by atoms with van der Waals surface area (Å²) in [4.78, 5) is 0. The Balaban J connectivity index is 4.02. The van der Waals surface area contributed by atoms with Crippen molar-refractivity contribution in [3.05, 3.63) is 0 Å². The van der Waals surface area contributed by atoms with Gasteiger partial charge >= 0.3 is 0 Å². The smallest absolute Gasteiger partial charge is 0.117 e. The van der Waals surface area contributed by atoms with Gasteiger partial charge in [-0.25, -0.2) is 0 Å². The third-order valence-electron chi connectivity index (χ3n) is 1.66. The standard InChI is InChI=1S/C6H15NO/c1-5(2,7)6(3,4)8/h8H,7H2,1-4H3/p+1. The van der Waals surface area contributed by atoms with Gasteiger partial charge in [0.1, 0.15) is 11.1 Å². The molecule has 4 N–H and O–H groups in total.